The maximum Gasteiger partial charge on any atom is 0.416 e. The Morgan fingerprint density at radius 2 is 1.89 bits per heavy atom. The van der Waals surface area contributed by atoms with E-state index in [1.54, 1.807) is 18.2 Å². The molecule has 1 aliphatic heterocycles. The minimum Gasteiger partial charge on any atom is -0.492 e. The predicted molar refractivity (Wildman–Crippen MR) is 124 cm³/mol. The number of rotatable bonds is 6. The van der Waals surface area contributed by atoms with Crippen molar-refractivity contribution in [1.82, 2.24) is 0 Å². The van der Waals surface area contributed by atoms with Crippen molar-refractivity contribution < 1.29 is 32.5 Å². The molecule has 0 spiro atoms. The fourth-order valence-electron chi connectivity index (χ4n) is 5.20. The molecule has 0 unspecified atom stereocenters. The van der Waals surface area contributed by atoms with Crippen LogP contribution in [0.5, 0.6) is 11.5 Å². The molecule has 1 aliphatic carbocycles. The molecule has 0 saturated carbocycles. The fraction of sp³-hybridized carbons (Fsp3) is 0.321. The molecule has 182 valence electrons. The van der Waals surface area contributed by atoms with Gasteiger partial charge in [0.1, 0.15) is 17.6 Å². The van der Waals surface area contributed by atoms with E-state index >= 15 is 0 Å². The van der Waals surface area contributed by atoms with Gasteiger partial charge in [-0.3, -0.25) is 4.79 Å². The highest BCUT2D eigenvalue weighted by molar-refractivity contribution is 5.68. The van der Waals surface area contributed by atoms with Gasteiger partial charge in [-0.05, 0) is 66.1 Å². The molecule has 3 aromatic rings. The molecule has 1 heterocycles. The second kappa shape index (κ2) is 8.95. The molecule has 4 nitrogen and oxygen atoms in total. The number of ether oxygens (including phenoxy) is 2. The fourth-order valence-corrected chi connectivity index (χ4v) is 5.20. The van der Waals surface area contributed by atoms with E-state index in [1.165, 1.54) is 6.07 Å². The van der Waals surface area contributed by atoms with Gasteiger partial charge in [0.15, 0.2) is 0 Å². The third-order valence-corrected chi connectivity index (χ3v) is 6.97. The number of carboxylic acid groups (broad SMARTS) is 1. The Balaban J connectivity index is 1.44. The van der Waals surface area contributed by atoms with Crippen LogP contribution in [0.25, 0.3) is 0 Å². The summed E-state index contributed by atoms with van der Waals surface area (Å²) in [6.45, 7) is 2.22. The quantitative estimate of drug-likeness (QED) is 0.429. The second-order valence-corrected chi connectivity index (χ2v) is 9.21. The normalized spacial score (nSPS) is 18.6. The number of aryl methyl sites for hydroxylation is 1. The number of carbonyl (C=O) groups is 1. The zero-order valence-electron chi connectivity index (χ0n) is 19.2. The number of alkyl halides is 3. The third-order valence-electron chi connectivity index (χ3n) is 6.97. The topological polar surface area (TPSA) is 55.8 Å². The highest BCUT2D eigenvalue weighted by Gasteiger charge is 2.37. The van der Waals surface area contributed by atoms with Gasteiger partial charge in [-0.1, -0.05) is 36.4 Å². The first-order valence-corrected chi connectivity index (χ1v) is 11.6. The van der Waals surface area contributed by atoms with Crippen LogP contribution in [0.4, 0.5) is 13.2 Å². The number of halogens is 3. The average molecular weight is 482 g/mol. The Morgan fingerprint density at radius 3 is 2.63 bits per heavy atom. The smallest absolute Gasteiger partial charge is 0.416 e. The van der Waals surface area contributed by atoms with Crippen LogP contribution in [-0.4, -0.2) is 17.7 Å². The lowest BCUT2D eigenvalue weighted by Gasteiger charge is -2.20. The lowest BCUT2D eigenvalue weighted by molar-refractivity contribution is -0.138. The molecule has 35 heavy (non-hydrogen) atoms. The number of fused-ring (bicyclic) bond motifs is 2. The number of benzene rings is 3. The molecular formula is C28H25F3O4. The van der Waals surface area contributed by atoms with Crippen LogP contribution in [-0.2, 0) is 23.8 Å². The van der Waals surface area contributed by atoms with Gasteiger partial charge in [0, 0.05) is 17.5 Å². The van der Waals surface area contributed by atoms with E-state index in [9.17, 15) is 18.0 Å². The zero-order chi connectivity index (χ0) is 24.7. The number of hydrogen-bond acceptors (Lipinski definition) is 3. The Hall–Kier alpha value is -3.48. The Kier molecular flexibility index (Phi) is 5.95. The molecule has 0 saturated heterocycles. The SMILES string of the molecule is Cc1ccccc1Cc1c(C(F)(F)F)ccc2c1CC[C@H]2Oc1ccc2c(c1)OC[C@H]2CC(=O)O. The van der Waals surface area contributed by atoms with Crippen LogP contribution in [0.3, 0.4) is 0 Å². The minimum atomic E-state index is -4.43. The molecule has 2 atom stereocenters. The van der Waals surface area contributed by atoms with E-state index in [4.69, 9.17) is 14.6 Å². The average Bonchev–Trinajstić information content (AvgIpc) is 3.38. The lowest BCUT2D eigenvalue weighted by Crippen LogP contribution is -2.13. The maximum atomic E-state index is 13.9. The first kappa shape index (κ1) is 23.3. The van der Waals surface area contributed by atoms with Gasteiger partial charge >= 0.3 is 12.1 Å². The van der Waals surface area contributed by atoms with Gasteiger partial charge in [0.25, 0.3) is 0 Å². The first-order valence-electron chi connectivity index (χ1n) is 11.6. The molecular weight excluding hydrogens is 457 g/mol. The zero-order valence-corrected chi connectivity index (χ0v) is 19.2. The third kappa shape index (κ3) is 4.59. The Morgan fingerprint density at radius 1 is 1.11 bits per heavy atom. The second-order valence-electron chi connectivity index (χ2n) is 9.21. The summed E-state index contributed by atoms with van der Waals surface area (Å²) in [6, 6.07) is 15.6. The van der Waals surface area contributed by atoms with E-state index in [-0.39, 0.29) is 24.9 Å². The van der Waals surface area contributed by atoms with Crippen molar-refractivity contribution in [2.24, 2.45) is 0 Å². The van der Waals surface area contributed by atoms with Gasteiger partial charge in [-0.15, -0.1) is 0 Å². The van der Waals surface area contributed by atoms with Crippen LogP contribution < -0.4 is 9.47 Å². The molecule has 3 aromatic carbocycles. The van der Waals surface area contributed by atoms with Crippen LogP contribution >= 0.6 is 0 Å². The van der Waals surface area contributed by atoms with Crippen molar-refractivity contribution >= 4 is 5.97 Å². The molecule has 0 bridgehead atoms. The largest absolute Gasteiger partial charge is 0.492 e. The van der Waals surface area contributed by atoms with E-state index in [0.29, 0.717) is 42.1 Å². The summed E-state index contributed by atoms with van der Waals surface area (Å²) in [4.78, 5) is 11.1. The number of aliphatic carboxylic acids is 1. The standard InChI is InChI=1S/C28H25F3O4/c1-16-4-2-3-5-17(16)12-23-21-9-11-25(22(21)8-10-24(23)28(29,30)31)35-19-6-7-20-18(13-27(32)33)15-34-26(20)14-19/h2-8,10,14,18,25H,9,11-13,15H2,1H3,(H,32,33)/t18-,25-/m1/s1. The lowest BCUT2D eigenvalue weighted by atomic mass is 9.90. The van der Waals surface area contributed by atoms with Crippen LogP contribution in [0.1, 0.15) is 63.8 Å². The minimum absolute atomic E-state index is 0.00555. The van der Waals surface area contributed by atoms with Gasteiger partial charge in [0.2, 0.25) is 0 Å². The Labute approximate surface area is 201 Å². The van der Waals surface area contributed by atoms with Gasteiger partial charge < -0.3 is 14.6 Å². The van der Waals surface area contributed by atoms with E-state index < -0.39 is 17.7 Å². The van der Waals surface area contributed by atoms with Gasteiger partial charge in [0.05, 0.1) is 18.6 Å². The number of hydrogen-bond donors (Lipinski definition) is 1. The first-order chi connectivity index (χ1) is 16.7. The summed E-state index contributed by atoms with van der Waals surface area (Å²) in [5.74, 6) is 0.0696. The van der Waals surface area contributed by atoms with Crippen molar-refractivity contribution in [1.29, 1.82) is 0 Å². The van der Waals surface area contributed by atoms with Gasteiger partial charge in [-0.2, -0.15) is 13.2 Å². The molecule has 0 aromatic heterocycles. The molecule has 0 amide bonds. The highest BCUT2D eigenvalue weighted by Crippen LogP contribution is 2.44. The summed E-state index contributed by atoms with van der Waals surface area (Å²) in [6.07, 6.45) is -3.50. The van der Waals surface area contributed by atoms with Crippen LogP contribution in [0.2, 0.25) is 0 Å². The summed E-state index contributed by atoms with van der Waals surface area (Å²) in [5.41, 5.74) is 3.91. The number of carboxylic acids is 1. The predicted octanol–water partition coefficient (Wildman–Crippen LogP) is 6.62. The van der Waals surface area contributed by atoms with Gasteiger partial charge in [-0.25, -0.2) is 0 Å². The summed E-state index contributed by atoms with van der Waals surface area (Å²) < 4.78 is 53.6. The summed E-state index contributed by atoms with van der Waals surface area (Å²) >= 11 is 0. The molecule has 0 radical (unpaired) electrons. The van der Waals surface area contributed by atoms with Crippen molar-refractivity contribution in [3.63, 3.8) is 0 Å². The van der Waals surface area contributed by atoms with Crippen molar-refractivity contribution in [3.8, 4) is 11.5 Å². The van der Waals surface area contributed by atoms with Crippen LogP contribution in [0.15, 0.2) is 54.6 Å². The van der Waals surface area contributed by atoms with Crippen molar-refractivity contribution in [2.75, 3.05) is 6.61 Å². The van der Waals surface area contributed by atoms with E-state index in [1.807, 2.05) is 37.3 Å². The molecule has 1 N–H and O–H groups in total. The van der Waals surface area contributed by atoms with E-state index in [2.05, 4.69) is 0 Å². The van der Waals surface area contributed by atoms with Crippen LogP contribution in [0, 0.1) is 6.92 Å². The summed E-state index contributed by atoms with van der Waals surface area (Å²) in [5, 5.41) is 9.09. The Bertz CT molecular complexity index is 1280. The molecule has 2 aliphatic rings. The maximum absolute atomic E-state index is 13.9. The van der Waals surface area contributed by atoms with Crippen molar-refractivity contribution in [2.45, 2.75) is 50.8 Å². The summed E-state index contributed by atoms with van der Waals surface area (Å²) in [7, 11) is 0. The molecule has 5 rings (SSSR count). The molecule has 7 heteroatoms. The highest BCUT2D eigenvalue weighted by atomic mass is 19.4. The molecule has 0 fully saturated rings. The van der Waals surface area contributed by atoms with Crippen molar-refractivity contribution in [3.05, 3.63) is 93.5 Å². The monoisotopic (exact) mass is 482 g/mol. The van der Waals surface area contributed by atoms with E-state index in [0.717, 1.165) is 22.3 Å².